The van der Waals surface area contributed by atoms with Crippen molar-refractivity contribution in [2.45, 2.75) is 6.92 Å². The van der Waals surface area contributed by atoms with Gasteiger partial charge in [0.1, 0.15) is 11.8 Å². The molecule has 0 bridgehead atoms. The molecule has 96 valence electrons. The van der Waals surface area contributed by atoms with Crippen LogP contribution in [-0.4, -0.2) is 18.5 Å². The van der Waals surface area contributed by atoms with Gasteiger partial charge in [0, 0.05) is 5.39 Å². The number of rotatable bonds is 3. The van der Waals surface area contributed by atoms with Crippen molar-refractivity contribution in [2.24, 2.45) is 4.99 Å². The fraction of sp³-hybridized carbons (Fsp3) is 0.143. The number of fused-ring (bicyclic) bond motifs is 1. The monoisotopic (exact) mass is 257 g/mol. The lowest BCUT2D eigenvalue weighted by Gasteiger charge is -1.99. The standard InChI is InChI=1S/C14H11NO4/c1-2-17-8-11-14(16)19-13(15-11)10-5-3-4-9-6-7-18-12(9)10/h3-8H,2H2,1H3. The molecule has 1 aliphatic heterocycles. The van der Waals surface area contributed by atoms with Crippen LogP contribution in [0.25, 0.3) is 11.0 Å². The van der Waals surface area contributed by atoms with E-state index in [1.165, 1.54) is 6.26 Å². The normalized spacial score (nSPS) is 16.8. The number of furan rings is 1. The Hall–Kier alpha value is -2.56. The minimum Gasteiger partial charge on any atom is -0.499 e. The number of aliphatic imine (C=N–C) groups is 1. The largest absolute Gasteiger partial charge is 0.499 e. The second-order valence-electron chi connectivity index (χ2n) is 3.91. The van der Waals surface area contributed by atoms with Gasteiger partial charge in [0.2, 0.25) is 5.90 Å². The molecule has 0 unspecified atom stereocenters. The number of esters is 1. The number of nitrogens with zero attached hydrogens (tertiary/aromatic N) is 1. The minimum atomic E-state index is -0.521. The molecule has 0 spiro atoms. The third-order valence-corrected chi connectivity index (χ3v) is 2.69. The van der Waals surface area contributed by atoms with Gasteiger partial charge in [0.15, 0.2) is 5.70 Å². The van der Waals surface area contributed by atoms with Gasteiger partial charge in [-0.25, -0.2) is 9.79 Å². The highest BCUT2D eigenvalue weighted by Gasteiger charge is 2.26. The van der Waals surface area contributed by atoms with Gasteiger partial charge in [-0.05, 0) is 19.1 Å². The fourth-order valence-electron chi connectivity index (χ4n) is 1.83. The van der Waals surface area contributed by atoms with Gasteiger partial charge >= 0.3 is 5.97 Å². The lowest BCUT2D eigenvalue weighted by molar-refractivity contribution is -0.130. The number of benzene rings is 1. The number of carbonyl (C=O) groups excluding carboxylic acids is 1. The Morgan fingerprint density at radius 1 is 1.37 bits per heavy atom. The first-order chi connectivity index (χ1) is 9.29. The number of hydrogen-bond donors (Lipinski definition) is 0. The van der Waals surface area contributed by atoms with Crippen LogP contribution in [0, 0.1) is 0 Å². The third kappa shape index (κ3) is 1.99. The molecular weight excluding hydrogens is 246 g/mol. The molecule has 0 saturated heterocycles. The van der Waals surface area contributed by atoms with Gasteiger partial charge in [0.25, 0.3) is 0 Å². The summed E-state index contributed by atoms with van der Waals surface area (Å²) in [5.74, 6) is -0.288. The van der Waals surface area contributed by atoms with Crippen molar-refractivity contribution < 1.29 is 18.7 Å². The highest BCUT2D eigenvalue weighted by molar-refractivity contribution is 6.15. The molecule has 1 aromatic carbocycles. The Kier molecular flexibility index (Phi) is 2.79. The molecule has 0 atom stereocenters. The molecule has 0 amide bonds. The van der Waals surface area contributed by atoms with E-state index >= 15 is 0 Å². The average molecular weight is 257 g/mol. The van der Waals surface area contributed by atoms with Gasteiger partial charge in [-0.2, -0.15) is 0 Å². The maximum absolute atomic E-state index is 11.6. The summed E-state index contributed by atoms with van der Waals surface area (Å²) in [7, 11) is 0. The van der Waals surface area contributed by atoms with E-state index < -0.39 is 5.97 Å². The first-order valence-electron chi connectivity index (χ1n) is 5.89. The summed E-state index contributed by atoms with van der Waals surface area (Å²) in [6, 6.07) is 7.40. The van der Waals surface area contributed by atoms with E-state index in [0.29, 0.717) is 17.8 Å². The zero-order valence-electron chi connectivity index (χ0n) is 10.3. The summed E-state index contributed by atoms with van der Waals surface area (Å²) in [5, 5.41) is 0.929. The molecule has 5 heteroatoms. The van der Waals surface area contributed by atoms with E-state index in [0.717, 1.165) is 5.39 Å². The summed E-state index contributed by atoms with van der Waals surface area (Å²) >= 11 is 0. The summed E-state index contributed by atoms with van der Waals surface area (Å²) in [6.07, 6.45) is 2.89. The second-order valence-corrected chi connectivity index (χ2v) is 3.91. The number of hydrogen-bond acceptors (Lipinski definition) is 5. The zero-order valence-corrected chi connectivity index (χ0v) is 10.3. The van der Waals surface area contributed by atoms with Crippen LogP contribution in [0.5, 0.6) is 0 Å². The summed E-state index contributed by atoms with van der Waals surface area (Å²) in [5.41, 5.74) is 1.45. The van der Waals surface area contributed by atoms with Gasteiger partial charge < -0.3 is 13.9 Å². The number of cyclic esters (lactones) is 1. The Balaban J connectivity index is 2.03. The van der Waals surface area contributed by atoms with Crippen molar-refractivity contribution in [3.8, 4) is 0 Å². The minimum absolute atomic E-state index is 0.153. The molecule has 0 fully saturated rings. The van der Waals surface area contributed by atoms with Gasteiger partial charge in [-0.3, -0.25) is 0 Å². The first kappa shape index (κ1) is 11.5. The van der Waals surface area contributed by atoms with Crippen LogP contribution in [-0.2, 0) is 14.3 Å². The lowest BCUT2D eigenvalue weighted by Crippen LogP contribution is -2.05. The topological polar surface area (TPSA) is 61.0 Å². The molecule has 5 nitrogen and oxygen atoms in total. The molecule has 0 radical (unpaired) electrons. The molecule has 0 N–H and O–H groups in total. The van der Waals surface area contributed by atoms with Crippen LogP contribution in [0.2, 0.25) is 0 Å². The molecule has 19 heavy (non-hydrogen) atoms. The molecule has 3 rings (SSSR count). The second kappa shape index (κ2) is 4.61. The van der Waals surface area contributed by atoms with E-state index in [4.69, 9.17) is 13.9 Å². The Labute approximate surface area is 109 Å². The molecule has 2 aromatic rings. The van der Waals surface area contributed by atoms with E-state index in [1.807, 2.05) is 25.1 Å². The SMILES string of the molecule is CCOC=C1N=C(c2cccc3ccoc23)OC1=O. The predicted octanol–water partition coefficient (Wildman–Crippen LogP) is 2.61. The number of carbonyl (C=O) groups is 1. The smallest absolute Gasteiger partial charge is 0.367 e. The molecular formula is C14H11NO4. The number of ether oxygens (including phenoxy) is 2. The van der Waals surface area contributed by atoms with E-state index in [2.05, 4.69) is 4.99 Å². The average Bonchev–Trinajstić information content (AvgIpc) is 3.02. The maximum Gasteiger partial charge on any atom is 0.367 e. The van der Waals surface area contributed by atoms with Crippen molar-refractivity contribution >= 4 is 22.8 Å². The van der Waals surface area contributed by atoms with Crippen molar-refractivity contribution in [1.29, 1.82) is 0 Å². The summed E-state index contributed by atoms with van der Waals surface area (Å²) < 4.78 is 15.6. The van der Waals surface area contributed by atoms with E-state index in [-0.39, 0.29) is 11.6 Å². The van der Waals surface area contributed by atoms with Crippen LogP contribution in [0.1, 0.15) is 12.5 Å². The van der Waals surface area contributed by atoms with Gasteiger partial charge in [-0.15, -0.1) is 0 Å². The van der Waals surface area contributed by atoms with Crippen molar-refractivity contribution in [3.05, 3.63) is 48.1 Å². The van der Waals surface area contributed by atoms with E-state index in [1.54, 1.807) is 12.3 Å². The quantitative estimate of drug-likeness (QED) is 0.481. The maximum atomic E-state index is 11.6. The molecule has 1 aromatic heterocycles. The number of para-hydroxylation sites is 1. The Bertz CT molecular complexity index is 696. The van der Waals surface area contributed by atoms with Crippen LogP contribution in [0.4, 0.5) is 0 Å². The zero-order chi connectivity index (χ0) is 13.2. The molecule has 0 saturated carbocycles. The van der Waals surface area contributed by atoms with Crippen LogP contribution in [0.3, 0.4) is 0 Å². The Morgan fingerprint density at radius 3 is 3.11 bits per heavy atom. The lowest BCUT2D eigenvalue weighted by atomic mass is 10.1. The Morgan fingerprint density at radius 2 is 2.26 bits per heavy atom. The molecule has 1 aliphatic rings. The highest BCUT2D eigenvalue weighted by Crippen LogP contribution is 2.24. The summed E-state index contributed by atoms with van der Waals surface area (Å²) in [4.78, 5) is 15.8. The fourth-order valence-corrected chi connectivity index (χ4v) is 1.83. The van der Waals surface area contributed by atoms with Crippen LogP contribution in [0.15, 0.2) is 51.9 Å². The highest BCUT2D eigenvalue weighted by atomic mass is 16.6. The van der Waals surface area contributed by atoms with Crippen molar-refractivity contribution in [3.63, 3.8) is 0 Å². The van der Waals surface area contributed by atoms with E-state index in [9.17, 15) is 4.79 Å². The first-order valence-corrected chi connectivity index (χ1v) is 5.89. The predicted molar refractivity (Wildman–Crippen MR) is 68.6 cm³/mol. The van der Waals surface area contributed by atoms with Crippen LogP contribution >= 0.6 is 0 Å². The van der Waals surface area contributed by atoms with Gasteiger partial charge in [-0.1, -0.05) is 12.1 Å². The third-order valence-electron chi connectivity index (χ3n) is 2.69. The molecule has 2 heterocycles. The van der Waals surface area contributed by atoms with Crippen LogP contribution < -0.4 is 0 Å². The molecule has 0 aliphatic carbocycles. The van der Waals surface area contributed by atoms with Crippen molar-refractivity contribution in [2.75, 3.05) is 6.61 Å². The van der Waals surface area contributed by atoms with Crippen molar-refractivity contribution in [1.82, 2.24) is 0 Å². The van der Waals surface area contributed by atoms with Gasteiger partial charge in [0.05, 0.1) is 18.4 Å². The summed E-state index contributed by atoms with van der Waals surface area (Å²) in [6.45, 7) is 2.29.